The third kappa shape index (κ3) is 8.96. The number of ketones is 1. The highest BCUT2D eigenvalue weighted by Gasteiger charge is 2.22. The third-order valence-corrected chi connectivity index (χ3v) is 7.37. The van der Waals surface area contributed by atoms with Gasteiger partial charge in [0, 0.05) is 43.9 Å². The normalized spacial score (nSPS) is 15.0. The fourth-order valence-corrected chi connectivity index (χ4v) is 4.85. The van der Waals surface area contributed by atoms with Crippen LogP contribution in [0, 0.1) is 0 Å². The first-order valence-electron chi connectivity index (χ1n) is 14.4. The Balaban J connectivity index is 1.36. The number of piperazine rings is 1. The van der Waals surface area contributed by atoms with Crippen molar-refractivity contribution in [2.24, 2.45) is 0 Å². The van der Waals surface area contributed by atoms with E-state index in [0.29, 0.717) is 17.5 Å². The minimum atomic E-state index is -0.687. The Labute approximate surface area is 243 Å². The molecule has 214 valence electrons. The van der Waals surface area contributed by atoms with Gasteiger partial charge >= 0.3 is 0 Å². The number of rotatable bonds is 12. The molecule has 7 heteroatoms. The molecular weight excluding hydrogens is 512 g/mol. The molecule has 0 radical (unpaired) electrons. The first-order chi connectivity index (χ1) is 19.9. The van der Waals surface area contributed by atoms with Crippen molar-refractivity contribution in [2.45, 2.75) is 32.4 Å². The van der Waals surface area contributed by atoms with E-state index in [1.807, 2.05) is 43.3 Å². The summed E-state index contributed by atoms with van der Waals surface area (Å²) in [5.41, 5.74) is 4.10. The Hall–Kier alpha value is -4.07. The summed E-state index contributed by atoms with van der Waals surface area (Å²) in [6.07, 6.45) is 5.14. The predicted molar refractivity (Wildman–Crippen MR) is 165 cm³/mol. The van der Waals surface area contributed by atoms with Crippen LogP contribution < -0.4 is 10.6 Å². The van der Waals surface area contributed by atoms with Crippen molar-refractivity contribution in [3.8, 4) is 0 Å². The summed E-state index contributed by atoms with van der Waals surface area (Å²) < 4.78 is 0. The topological polar surface area (TPSA) is 81.8 Å². The third-order valence-electron chi connectivity index (χ3n) is 7.37. The van der Waals surface area contributed by atoms with Gasteiger partial charge in [-0.2, -0.15) is 0 Å². The fraction of sp³-hybridized carbons (Fsp3) is 0.324. The van der Waals surface area contributed by atoms with Crippen molar-refractivity contribution in [3.63, 3.8) is 0 Å². The lowest BCUT2D eigenvalue weighted by Crippen LogP contribution is -2.45. The largest absolute Gasteiger partial charge is 0.345 e. The fourth-order valence-electron chi connectivity index (χ4n) is 4.85. The second-order valence-corrected chi connectivity index (χ2v) is 10.6. The van der Waals surface area contributed by atoms with E-state index in [4.69, 9.17) is 0 Å². The Bertz CT molecular complexity index is 1330. The number of likely N-dealkylation sites (N-methyl/N-ethyl adjacent to an activating group) is 1. The van der Waals surface area contributed by atoms with Gasteiger partial charge in [0.15, 0.2) is 5.78 Å². The number of nitrogens with one attached hydrogen (secondary N) is 2. The molecule has 3 aromatic carbocycles. The number of Topliss-reactive ketones (excluding diaryl/α,β-unsaturated/α-hetero) is 1. The minimum Gasteiger partial charge on any atom is -0.345 e. The predicted octanol–water partition coefficient (Wildman–Crippen LogP) is 4.50. The van der Waals surface area contributed by atoms with Crippen LogP contribution in [0.2, 0.25) is 0 Å². The number of amides is 2. The van der Waals surface area contributed by atoms with Crippen molar-refractivity contribution in [1.82, 2.24) is 20.4 Å². The van der Waals surface area contributed by atoms with Gasteiger partial charge in [0.05, 0.1) is 12.6 Å². The summed E-state index contributed by atoms with van der Waals surface area (Å²) in [6.45, 7) is 7.15. The average Bonchev–Trinajstić information content (AvgIpc) is 3.00. The molecule has 0 bridgehead atoms. The zero-order chi connectivity index (χ0) is 29.0. The second-order valence-electron chi connectivity index (χ2n) is 10.6. The lowest BCUT2D eigenvalue weighted by molar-refractivity contribution is -0.120. The smallest absolute Gasteiger partial charge is 0.252 e. The van der Waals surface area contributed by atoms with Gasteiger partial charge in [0.1, 0.15) is 0 Å². The molecule has 7 nitrogen and oxygen atoms in total. The number of carbonyl (C=O) groups is 3. The van der Waals surface area contributed by atoms with E-state index >= 15 is 0 Å². The number of benzene rings is 3. The van der Waals surface area contributed by atoms with Gasteiger partial charge in [-0.25, -0.2) is 0 Å². The highest BCUT2D eigenvalue weighted by molar-refractivity contribution is 6.02. The number of carbonyl (C=O) groups excluding carboxylic acids is 3. The SMILES string of the molecule is CCCC(NC(=O)c1ccccc1C=Cc1ccc(CN2CCN(C)CC2)cc1)C(=O)CNC(=O)c1ccccc1. The molecule has 1 fully saturated rings. The van der Waals surface area contributed by atoms with Crippen LogP contribution in [0.3, 0.4) is 0 Å². The standard InChI is InChI=1S/C34H40N4O3/c1-3-9-31(32(39)24-35-33(40)29-11-5-4-6-12-29)36-34(41)30-13-8-7-10-28(30)19-18-26-14-16-27(17-15-26)25-38-22-20-37(2)21-23-38/h4-8,10-19,31H,3,9,20-25H2,1-2H3,(H,35,40)(H,36,41). The molecule has 1 unspecified atom stereocenters. The zero-order valence-corrected chi connectivity index (χ0v) is 24.0. The molecular formula is C34H40N4O3. The van der Waals surface area contributed by atoms with Crippen LogP contribution in [-0.4, -0.2) is 73.2 Å². The van der Waals surface area contributed by atoms with Crippen LogP contribution in [0.15, 0.2) is 78.9 Å². The molecule has 3 aromatic rings. The van der Waals surface area contributed by atoms with Crippen molar-refractivity contribution < 1.29 is 14.4 Å². The number of nitrogens with zero attached hydrogens (tertiary/aromatic N) is 2. The van der Waals surface area contributed by atoms with Crippen LogP contribution >= 0.6 is 0 Å². The second kappa shape index (κ2) is 15.1. The maximum atomic E-state index is 13.3. The molecule has 2 amide bonds. The van der Waals surface area contributed by atoms with Crippen molar-refractivity contribution in [2.75, 3.05) is 39.8 Å². The van der Waals surface area contributed by atoms with Crippen molar-refractivity contribution in [1.29, 1.82) is 0 Å². The van der Waals surface area contributed by atoms with Gasteiger partial charge in [-0.15, -0.1) is 0 Å². The van der Waals surface area contributed by atoms with Crippen LogP contribution in [-0.2, 0) is 11.3 Å². The monoisotopic (exact) mass is 552 g/mol. The maximum absolute atomic E-state index is 13.3. The summed E-state index contributed by atoms with van der Waals surface area (Å²) in [5, 5.41) is 5.58. The summed E-state index contributed by atoms with van der Waals surface area (Å²) in [5.74, 6) is -0.855. The van der Waals surface area contributed by atoms with Crippen LogP contribution in [0.1, 0.15) is 57.2 Å². The number of hydrogen-bond acceptors (Lipinski definition) is 5. The zero-order valence-electron chi connectivity index (χ0n) is 24.0. The molecule has 1 aliphatic heterocycles. The Morgan fingerprint density at radius 2 is 1.51 bits per heavy atom. The Kier molecular flexibility index (Phi) is 11.0. The Morgan fingerprint density at radius 3 is 2.22 bits per heavy atom. The average molecular weight is 553 g/mol. The molecule has 2 N–H and O–H groups in total. The molecule has 1 atom stereocenters. The molecule has 0 spiro atoms. The molecule has 1 aliphatic rings. The lowest BCUT2D eigenvalue weighted by atomic mass is 10.0. The molecule has 0 aromatic heterocycles. The lowest BCUT2D eigenvalue weighted by Gasteiger charge is -2.32. The van der Waals surface area contributed by atoms with E-state index in [2.05, 4.69) is 51.7 Å². The highest BCUT2D eigenvalue weighted by atomic mass is 16.2. The van der Waals surface area contributed by atoms with E-state index in [0.717, 1.165) is 50.3 Å². The van der Waals surface area contributed by atoms with Gasteiger partial charge in [0.2, 0.25) is 0 Å². The highest BCUT2D eigenvalue weighted by Crippen LogP contribution is 2.16. The molecule has 1 saturated heterocycles. The number of hydrogen-bond donors (Lipinski definition) is 2. The first kappa shape index (κ1) is 29.9. The first-order valence-corrected chi connectivity index (χ1v) is 14.4. The van der Waals surface area contributed by atoms with E-state index in [1.54, 1.807) is 30.3 Å². The molecule has 4 rings (SSSR count). The van der Waals surface area contributed by atoms with Crippen LogP contribution in [0.4, 0.5) is 0 Å². The van der Waals surface area contributed by atoms with Gasteiger partial charge in [-0.3, -0.25) is 19.3 Å². The van der Waals surface area contributed by atoms with Crippen molar-refractivity contribution in [3.05, 3.63) is 107 Å². The summed E-state index contributed by atoms with van der Waals surface area (Å²) in [7, 11) is 2.16. The Morgan fingerprint density at radius 1 is 0.829 bits per heavy atom. The summed E-state index contributed by atoms with van der Waals surface area (Å²) in [4.78, 5) is 43.4. The maximum Gasteiger partial charge on any atom is 0.252 e. The summed E-state index contributed by atoms with van der Waals surface area (Å²) in [6, 6.07) is 24.0. The van der Waals surface area contributed by atoms with Crippen molar-refractivity contribution >= 4 is 29.7 Å². The van der Waals surface area contributed by atoms with Gasteiger partial charge < -0.3 is 15.5 Å². The van der Waals surface area contributed by atoms with Crippen LogP contribution in [0.5, 0.6) is 0 Å². The van der Waals surface area contributed by atoms with E-state index in [9.17, 15) is 14.4 Å². The van der Waals surface area contributed by atoms with Gasteiger partial charge in [-0.05, 0) is 48.4 Å². The summed E-state index contributed by atoms with van der Waals surface area (Å²) >= 11 is 0. The minimum absolute atomic E-state index is 0.148. The quantitative estimate of drug-likeness (QED) is 0.324. The molecule has 41 heavy (non-hydrogen) atoms. The van der Waals surface area contributed by atoms with E-state index < -0.39 is 6.04 Å². The molecule has 1 heterocycles. The van der Waals surface area contributed by atoms with Crippen LogP contribution in [0.25, 0.3) is 12.2 Å². The van der Waals surface area contributed by atoms with Gasteiger partial charge in [-0.1, -0.05) is 86.2 Å². The molecule has 0 saturated carbocycles. The van der Waals surface area contributed by atoms with Gasteiger partial charge in [0.25, 0.3) is 11.8 Å². The van der Waals surface area contributed by atoms with E-state index in [1.165, 1.54) is 5.56 Å². The van der Waals surface area contributed by atoms with E-state index in [-0.39, 0.29) is 24.1 Å². The molecule has 0 aliphatic carbocycles.